The van der Waals surface area contributed by atoms with Crippen molar-refractivity contribution in [2.75, 3.05) is 26.6 Å². The molecule has 1 N–H and O–H groups in total. The van der Waals surface area contributed by atoms with Crippen molar-refractivity contribution in [3.8, 4) is 17.2 Å². The summed E-state index contributed by atoms with van der Waals surface area (Å²) in [5.74, 6) is 4.20. The van der Waals surface area contributed by atoms with Gasteiger partial charge in [-0.2, -0.15) is 0 Å². The van der Waals surface area contributed by atoms with E-state index < -0.39 is 0 Å². The summed E-state index contributed by atoms with van der Waals surface area (Å²) in [5, 5.41) is 2.98. The average molecular weight is 448 g/mol. The first-order chi connectivity index (χ1) is 16.0. The highest BCUT2D eigenvalue weighted by atomic mass is 16.5. The third-order valence-corrected chi connectivity index (χ3v) is 7.95. The Bertz CT molecular complexity index is 1020. The largest absolute Gasteiger partial charge is 0.493 e. The van der Waals surface area contributed by atoms with Gasteiger partial charge in [0.05, 0.1) is 21.3 Å². The van der Waals surface area contributed by atoms with Crippen LogP contribution in [0.1, 0.15) is 49.7 Å². The van der Waals surface area contributed by atoms with Crippen LogP contribution in [-0.2, 0) is 10.2 Å². The molecule has 0 aromatic heterocycles. The molecule has 0 heterocycles. The van der Waals surface area contributed by atoms with Crippen LogP contribution >= 0.6 is 0 Å². The minimum atomic E-state index is -0.186. The molecule has 4 fully saturated rings. The molecule has 4 bridgehead atoms. The highest BCUT2D eigenvalue weighted by molar-refractivity contribution is 6.02. The molecule has 0 spiro atoms. The van der Waals surface area contributed by atoms with E-state index in [4.69, 9.17) is 14.2 Å². The van der Waals surface area contributed by atoms with Crippen molar-refractivity contribution in [1.29, 1.82) is 0 Å². The summed E-state index contributed by atoms with van der Waals surface area (Å²) in [5.41, 5.74) is 3.39. The lowest BCUT2D eigenvalue weighted by atomic mass is 9.48. The number of nitrogens with one attached hydrogen (secondary N) is 1. The van der Waals surface area contributed by atoms with Crippen LogP contribution in [0.25, 0.3) is 6.08 Å². The first-order valence-corrected chi connectivity index (χ1v) is 11.9. The zero-order valence-corrected chi connectivity index (χ0v) is 19.7. The van der Waals surface area contributed by atoms with E-state index in [0.29, 0.717) is 22.7 Å². The number of carbonyl (C=O) groups is 1. The normalized spacial score (nSPS) is 27.5. The molecule has 0 saturated heterocycles. The molecule has 2 aromatic carbocycles. The van der Waals surface area contributed by atoms with Gasteiger partial charge in [-0.1, -0.05) is 12.1 Å². The van der Waals surface area contributed by atoms with Crippen LogP contribution in [0.5, 0.6) is 17.2 Å². The Kier molecular flexibility index (Phi) is 5.81. The number of anilines is 1. The summed E-state index contributed by atoms with van der Waals surface area (Å²) in [7, 11) is 4.71. The Morgan fingerprint density at radius 3 is 2.00 bits per heavy atom. The fourth-order valence-electron chi connectivity index (χ4n) is 6.98. The molecule has 6 rings (SSSR count). The van der Waals surface area contributed by atoms with Crippen molar-refractivity contribution >= 4 is 17.7 Å². The molecule has 4 aliphatic carbocycles. The van der Waals surface area contributed by atoms with Gasteiger partial charge in [-0.3, -0.25) is 4.79 Å². The monoisotopic (exact) mass is 447 g/mol. The molecular weight excluding hydrogens is 414 g/mol. The van der Waals surface area contributed by atoms with Gasteiger partial charge in [0.15, 0.2) is 11.5 Å². The maximum atomic E-state index is 12.6. The highest BCUT2D eigenvalue weighted by Gasteiger charge is 2.51. The lowest BCUT2D eigenvalue weighted by Crippen LogP contribution is -2.48. The molecule has 4 aliphatic rings. The molecule has 5 nitrogen and oxygen atoms in total. The first kappa shape index (κ1) is 21.9. The van der Waals surface area contributed by atoms with Gasteiger partial charge in [-0.05, 0) is 97.6 Å². The Balaban J connectivity index is 1.27. The summed E-state index contributed by atoms with van der Waals surface area (Å²) in [6.45, 7) is 0. The summed E-state index contributed by atoms with van der Waals surface area (Å²) in [4.78, 5) is 12.6. The summed E-state index contributed by atoms with van der Waals surface area (Å²) in [6.07, 6.45) is 11.6. The van der Waals surface area contributed by atoms with E-state index in [1.54, 1.807) is 33.5 Å². The standard InChI is InChI=1S/C28H33NO4/c1-31-24-10-4-21(26(32-2)27(24)33-3)5-11-25(30)29-23-8-6-22(7-9-23)28-15-18-12-19(16-28)14-20(13-18)17-28/h4-11,18-20H,12-17H2,1-3H3,(H,29,30)/b11-5+. The third-order valence-electron chi connectivity index (χ3n) is 7.95. The van der Waals surface area contributed by atoms with Crippen LogP contribution in [-0.4, -0.2) is 27.2 Å². The SMILES string of the molecule is COc1ccc(/C=C/C(=O)Nc2ccc(C34CC5CC(CC(C5)C3)C4)cc2)c(OC)c1OC. The molecule has 0 unspecified atom stereocenters. The molecule has 0 atom stereocenters. The Hall–Kier alpha value is -2.95. The average Bonchev–Trinajstić information content (AvgIpc) is 2.81. The topological polar surface area (TPSA) is 56.8 Å². The number of hydrogen-bond donors (Lipinski definition) is 1. The number of ether oxygens (including phenoxy) is 3. The van der Waals surface area contributed by atoms with Gasteiger partial charge in [-0.15, -0.1) is 0 Å². The lowest BCUT2D eigenvalue weighted by molar-refractivity contribution is -0.111. The Morgan fingerprint density at radius 2 is 1.45 bits per heavy atom. The summed E-state index contributed by atoms with van der Waals surface area (Å²) >= 11 is 0. The fourth-order valence-corrected chi connectivity index (χ4v) is 6.98. The number of rotatable bonds is 7. The van der Waals surface area contributed by atoms with Crippen molar-refractivity contribution in [2.45, 2.75) is 43.9 Å². The molecule has 2 aromatic rings. The van der Waals surface area contributed by atoms with Crippen LogP contribution in [0.3, 0.4) is 0 Å². The number of methoxy groups -OCH3 is 3. The molecular formula is C28H33NO4. The second-order valence-electron chi connectivity index (χ2n) is 10.0. The van der Waals surface area contributed by atoms with Crippen molar-refractivity contribution in [3.63, 3.8) is 0 Å². The van der Waals surface area contributed by atoms with Crippen molar-refractivity contribution < 1.29 is 19.0 Å². The minimum Gasteiger partial charge on any atom is -0.493 e. The smallest absolute Gasteiger partial charge is 0.248 e. The maximum Gasteiger partial charge on any atom is 0.248 e. The van der Waals surface area contributed by atoms with Crippen LogP contribution in [0.4, 0.5) is 5.69 Å². The highest BCUT2D eigenvalue weighted by Crippen LogP contribution is 2.60. The van der Waals surface area contributed by atoms with Gasteiger partial charge in [0.25, 0.3) is 0 Å². The van der Waals surface area contributed by atoms with Crippen LogP contribution < -0.4 is 19.5 Å². The van der Waals surface area contributed by atoms with Gasteiger partial charge in [0, 0.05) is 17.3 Å². The Labute approximate surface area is 196 Å². The van der Waals surface area contributed by atoms with Gasteiger partial charge >= 0.3 is 0 Å². The molecule has 1 amide bonds. The number of hydrogen-bond acceptors (Lipinski definition) is 4. The molecule has 174 valence electrons. The van der Waals surface area contributed by atoms with Gasteiger partial charge < -0.3 is 19.5 Å². The fraction of sp³-hybridized carbons (Fsp3) is 0.464. The zero-order valence-electron chi connectivity index (χ0n) is 19.7. The van der Waals surface area contributed by atoms with Gasteiger partial charge in [-0.25, -0.2) is 0 Å². The van der Waals surface area contributed by atoms with Crippen LogP contribution in [0.15, 0.2) is 42.5 Å². The number of carbonyl (C=O) groups excluding carboxylic acids is 1. The predicted octanol–water partition coefficient (Wildman–Crippen LogP) is 5.83. The quantitative estimate of drug-likeness (QED) is 0.543. The third kappa shape index (κ3) is 4.09. The summed E-state index contributed by atoms with van der Waals surface area (Å²) in [6, 6.07) is 12.2. The van der Waals surface area contributed by atoms with Gasteiger partial charge in [0.1, 0.15) is 0 Å². The number of amides is 1. The lowest BCUT2D eigenvalue weighted by Gasteiger charge is -2.57. The van der Waals surface area contributed by atoms with Crippen molar-refractivity contribution in [2.24, 2.45) is 17.8 Å². The maximum absolute atomic E-state index is 12.6. The zero-order chi connectivity index (χ0) is 23.0. The molecule has 4 saturated carbocycles. The van der Waals surface area contributed by atoms with Crippen LogP contribution in [0, 0.1) is 17.8 Å². The van der Waals surface area contributed by atoms with E-state index in [1.165, 1.54) is 50.2 Å². The van der Waals surface area contributed by atoms with Gasteiger partial charge in [0.2, 0.25) is 11.7 Å². The van der Waals surface area contributed by atoms with E-state index in [0.717, 1.165) is 29.0 Å². The molecule has 0 radical (unpaired) electrons. The van der Waals surface area contributed by atoms with Crippen molar-refractivity contribution in [1.82, 2.24) is 0 Å². The molecule has 0 aliphatic heterocycles. The Morgan fingerprint density at radius 1 is 0.848 bits per heavy atom. The van der Waals surface area contributed by atoms with E-state index in [-0.39, 0.29) is 5.91 Å². The minimum absolute atomic E-state index is 0.186. The molecule has 5 heteroatoms. The van der Waals surface area contributed by atoms with Crippen LogP contribution in [0.2, 0.25) is 0 Å². The van der Waals surface area contributed by atoms with E-state index in [1.807, 2.05) is 6.07 Å². The second-order valence-corrected chi connectivity index (χ2v) is 10.0. The summed E-state index contributed by atoms with van der Waals surface area (Å²) < 4.78 is 16.2. The van der Waals surface area contributed by atoms with E-state index in [2.05, 4.69) is 29.6 Å². The number of benzene rings is 2. The van der Waals surface area contributed by atoms with Crippen molar-refractivity contribution in [3.05, 3.63) is 53.6 Å². The predicted molar refractivity (Wildman–Crippen MR) is 130 cm³/mol. The van der Waals surface area contributed by atoms with E-state index >= 15 is 0 Å². The van der Waals surface area contributed by atoms with E-state index in [9.17, 15) is 4.79 Å². The first-order valence-electron chi connectivity index (χ1n) is 11.9. The second kappa shape index (κ2) is 8.77. The molecule has 33 heavy (non-hydrogen) atoms.